The Balaban J connectivity index is 1.85. The van der Waals surface area contributed by atoms with Crippen LogP contribution in [0.5, 0.6) is 0 Å². The highest BCUT2D eigenvalue weighted by Crippen LogP contribution is 2.26. The van der Waals surface area contributed by atoms with Crippen molar-refractivity contribution in [2.24, 2.45) is 0 Å². The summed E-state index contributed by atoms with van der Waals surface area (Å²) in [5, 5.41) is 5.67. The van der Waals surface area contributed by atoms with Crippen LogP contribution in [0.4, 0.5) is 5.69 Å². The van der Waals surface area contributed by atoms with Crippen LogP contribution >= 0.6 is 11.6 Å². The minimum Gasteiger partial charge on any atom is -0.422 e. The first-order valence-electron chi connectivity index (χ1n) is 7.65. The van der Waals surface area contributed by atoms with Gasteiger partial charge in [-0.15, -0.1) is 0 Å². The van der Waals surface area contributed by atoms with Gasteiger partial charge in [-0.3, -0.25) is 4.79 Å². The Labute approximate surface area is 147 Å². The Morgan fingerprint density at radius 2 is 1.68 bits per heavy atom. The summed E-state index contributed by atoms with van der Waals surface area (Å²) in [6, 6.07) is 19.7. The van der Waals surface area contributed by atoms with E-state index in [1.165, 1.54) is 0 Å². The molecule has 1 aromatic heterocycles. The molecule has 0 radical (unpaired) electrons. The fourth-order valence-electron chi connectivity index (χ4n) is 2.78. The van der Waals surface area contributed by atoms with E-state index in [9.17, 15) is 9.59 Å². The second kappa shape index (κ2) is 6.07. The van der Waals surface area contributed by atoms with Crippen LogP contribution in [0.1, 0.15) is 10.4 Å². The predicted octanol–water partition coefficient (Wildman–Crippen LogP) is 4.85. The molecule has 4 rings (SSSR count). The monoisotopic (exact) mass is 349 g/mol. The fraction of sp³-hybridized carbons (Fsp3) is 0. The Kier molecular flexibility index (Phi) is 3.75. The van der Waals surface area contributed by atoms with Crippen molar-refractivity contribution in [2.45, 2.75) is 0 Å². The van der Waals surface area contributed by atoms with Gasteiger partial charge in [-0.25, -0.2) is 4.79 Å². The van der Waals surface area contributed by atoms with E-state index in [-0.39, 0.29) is 5.56 Å². The zero-order chi connectivity index (χ0) is 17.4. The van der Waals surface area contributed by atoms with E-state index in [0.29, 0.717) is 21.7 Å². The van der Waals surface area contributed by atoms with E-state index < -0.39 is 11.5 Å². The lowest BCUT2D eigenvalue weighted by Gasteiger charge is -2.08. The van der Waals surface area contributed by atoms with Crippen LogP contribution in [0.25, 0.3) is 21.7 Å². The molecule has 5 heteroatoms. The maximum absolute atomic E-state index is 12.5. The highest BCUT2D eigenvalue weighted by molar-refractivity contribution is 6.33. The molecule has 0 spiro atoms. The molecule has 1 heterocycles. The summed E-state index contributed by atoms with van der Waals surface area (Å²) in [6.45, 7) is 0. The SMILES string of the molecule is O=C(Nc1ccccc1Cl)c1cc2c(ccc3ccccc32)oc1=O. The summed E-state index contributed by atoms with van der Waals surface area (Å²) < 4.78 is 5.34. The molecule has 0 saturated carbocycles. The highest BCUT2D eigenvalue weighted by Gasteiger charge is 2.16. The van der Waals surface area contributed by atoms with Gasteiger partial charge in [-0.2, -0.15) is 0 Å². The molecular formula is C20H12ClNO3. The number of carbonyl (C=O) groups excluding carboxylic acids is 1. The number of carbonyl (C=O) groups is 1. The molecule has 0 fully saturated rings. The average Bonchev–Trinajstić information content (AvgIpc) is 2.62. The molecule has 4 nitrogen and oxygen atoms in total. The molecule has 0 aliphatic rings. The summed E-state index contributed by atoms with van der Waals surface area (Å²) in [5.41, 5.74) is 0.126. The minimum absolute atomic E-state index is 0.0660. The van der Waals surface area contributed by atoms with Crippen LogP contribution in [-0.4, -0.2) is 5.91 Å². The molecule has 122 valence electrons. The maximum atomic E-state index is 12.5. The zero-order valence-corrected chi connectivity index (χ0v) is 13.7. The smallest absolute Gasteiger partial charge is 0.349 e. The molecule has 0 saturated heterocycles. The number of nitrogens with one attached hydrogen (secondary N) is 1. The zero-order valence-electron chi connectivity index (χ0n) is 13.0. The standard InChI is InChI=1S/C20H12ClNO3/c21-16-7-3-4-8-17(16)22-19(23)15-11-14-13-6-2-1-5-12(13)9-10-18(14)25-20(15)24/h1-11H,(H,22,23). The molecule has 1 N–H and O–H groups in total. The van der Waals surface area contributed by atoms with E-state index in [4.69, 9.17) is 16.0 Å². The topological polar surface area (TPSA) is 59.3 Å². The molecule has 0 unspecified atom stereocenters. The fourth-order valence-corrected chi connectivity index (χ4v) is 2.97. The van der Waals surface area contributed by atoms with Gasteiger partial charge in [-0.05, 0) is 35.0 Å². The van der Waals surface area contributed by atoms with Crippen molar-refractivity contribution in [3.8, 4) is 0 Å². The average molecular weight is 350 g/mol. The van der Waals surface area contributed by atoms with Gasteiger partial charge in [0, 0.05) is 5.39 Å². The number of hydrogen-bond donors (Lipinski definition) is 1. The lowest BCUT2D eigenvalue weighted by Crippen LogP contribution is -2.20. The number of rotatable bonds is 2. The van der Waals surface area contributed by atoms with E-state index >= 15 is 0 Å². The number of para-hydroxylation sites is 1. The summed E-state index contributed by atoms with van der Waals surface area (Å²) in [5.74, 6) is -0.559. The molecule has 3 aromatic carbocycles. The van der Waals surface area contributed by atoms with Crippen molar-refractivity contribution in [1.29, 1.82) is 0 Å². The number of fused-ring (bicyclic) bond motifs is 3. The number of hydrogen-bond acceptors (Lipinski definition) is 3. The van der Waals surface area contributed by atoms with Crippen LogP contribution in [0, 0.1) is 0 Å². The van der Waals surface area contributed by atoms with Crippen LogP contribution in [0.15, 0.2) is 75.9 Å². The first kappa shape index (κ1) is 15.4. The Hall–Kier alpha value is -3.11. The van der Waals surface area contributed by atoms with Crippen LogP contribution in [0.3, 0.4) is 0 Å². The lowest BCUT2D eigenvalue weighted by atomic mass is 10.0. The van der Waals surface area contributed by atoms with Gasteiger partial charge in [0.2, 0.25) is 0 Å². The van der Waals surface area contributed by atoms with Crippen molar-refractivity contribution in [1.82, 2.24) is 0 Å². The van der Waals surface area contributed by atoms with Gasteiger partial charge in [0.25, 0.3) is 5.91 Å². The molecule has 4 aromatic rings. The van der Waals surface area contributed by atoms with Crippen LogP contribution in [-0.2, 0) is 0 Å². The molecule has 1 amide bonds. The number of benzene rings is 3. The molecular weight excluding hydrogens is 338 g/mol. The van der Waals surface area contributed by atoms with Gasteiger partial charge in [0.05, 0.1) is 10.7 Å². The predicted molar refractivity (Wildman–Crippen MR) is 99.4 cm³/mol. The third kappa shape index (κ3) is 2.77. The van der Waals surface area contributed by atoms with Crippen LogP contribution in [0.2, 0.25) is 5.02 Å². The number of anilines is 1. The van der Waals surface area contributed by atoms with Crippen molar-refractivity contribution in [3.63, 3.8) is 0 Å². The normalized spacial score (nSPS) is 10.9. The molecule has 0 aliphatic heterocycles. The van der Waals surface area contributed by atoms with E-state index in [1.54, 1.807) is 36.4 Å². The van der Waals surface area contributed by atoms with E-state index in [0.717, 1.165) is 10.8 Å². The second-order valence-electron chi connectivity index (χ2n) is 5.58. The third-order valence-electron chi connectivity index (χ3n) is 4.01. The summed E-state index contributed by atoms with van der Waals surface area (Å²) >= 11 is 6.05. The van der Waals surface area contributed by atoms with Crippen molar-refractivity contribution < 1.29 is 9.21 Å². The summed E-state index contributed by atoms with van der Waals surface area (Å²) in [4.78, 5) is 24.8. The number of amides is 1. The van der Waals surface area contributed by atoms with Gasteiger partial charge in [-0.1, -0.05) is 54.1 Å². The molecule has 0 bridgehead atoms. The maximum Gasteiger partial charge on any atom is 0.349 e. The first-order chi connectivity index (χ1) is 12.1. The first-order valence-corrected chi connectivity index (χ1v) is 8.03. The van der Waals surface area contributed by atoms with Crippen LogP contribution < -0.4 is 10.9 Å². The van der Waals surface area contributed by atoms with Gasteiger partial charge >= 0.3 is 5.63 Å². The van der Waals surface area contributed by atoms with Crippen molar-refractivity contribution in [2.75, 3.05) is 5.32 Å². The summed E-state index contributed by atoms with van der Waals surface area (Å²) in [7, 11) is 0. The van der Waals surface area contributed by atoms with Gasteiger partial charge in [0.15, 0.2) is 0 Å². The van der Waals surface area contributed by atoms with Gasteiger partial charge in [0.1, 0.15) is 11.1 Å². The molecule has 25 heavy (non-hydrogen) atoms. The second-order valence-corrected chi connectivity index (χ2v) is 5.99. The minimum atomic E-state index is -0.688. The molecule has 0 atom stereocenters. The lowest BCUT2D eigenvalue weighted by molar-refractivity contribution is 0.102. The number of halogens is 1. The highest BCUT2D eigenvalue weighted by atomic mass is 35.5. The quantitative estimate of drug-likeness (QED) is 0.415. The summed E-state index contributed by atoms with van der Waals surface area (Å²) in [6.07, 6.45) is 0. The third-order valence-corrected chi connectivity index (χ3v) is 4.34. The van der Waals surface area contributed by atoms with E-state index in [2.05, 4.69) is 5.32 Å². The largest absolute Gasteiger partial charge is 0.422 e. The van der Waals surface area contributed by atoms with Crippen molar-refractivity contribution >= 4 is 44.9 Å². The van der Waals surface area contributed by atoms with E-state index in [1.807, 2.05) is 30.3 Å². The van der Waals surface area contributed by atoms with Gasteiger partial charge < -0.3 is 9.73 Å². The molecule has 0 aliphatic carbocycles. The Bertz CT molecular complexity index is 1180. The van der Waals surface area contributed by atoms with Crippen molar-refractivity contribution in [3.05, 3.63) is 87.7 Å². The Morgan fingerprint density at radius 1 is 0.920 bits per heavy atom. The Morgan fingerprint density at radius 3 is 2.52 bits per heavy atom.